The molecule has 32 heavy (non-hydrogen) atoms. The van der Waals surface area contributed by atoms with E-state index in [0.717, 1.165) is 18.5 Å². The first-order valence-electron chi connectivity index (χ1n) is 10.4. The summed E-state index contributed by atoms with van der Waals surface area (Å²) in [6.07, 6.45) is 2.41. The predicted octanol–water partition coefficient (Wildman–Crippen LogP) is 3.92. The molecule has 3 aromatic heterocycles. The van der Waals surface area contributed by atoms with Crippen LogP contribution in [0.25, 0.3) is 5.78 Å². The lowest BCUT2D eigenvalue weighted by molar-refractivity contribution is 0.0154. The number of nitrogens with zero attached hydrogens (tertiary/aromatic N) is 4. The number of rotatable bonds is 6. The number of ether oxygens (including phenoxy) is 2. The van der Waals surface area contributed by atoms with E-state index in [0.29, 0.717) is 18.1 Å². The van der Waals surface area contributed by atoms with E-state index in [1.807, 2.05) is 20.0 Å². The summed E-state index contributed by atoms with van der Waals surface area (Å²) in [7, 11) is 0. The SMILES string of the molecule is CC(C)Oc1nc2nc(C34COC(C)(C3)C4)cn2cc1NC(=O)c1cccc(C(F)F)n1. The number of imidazole rings is 1. The molecule has 0 spiro atoms. The fourth-order valence-electron chi connectivity index (χ4n) is 4.60. The van der Waals surface area contributed by atoms with Crippen LogP contribution in [0.5, 0.6) is 5.88 Å². The molecule has 1 amide bonds. The summed E-state index contributed by atoms with van der Waals surface area (Å²) in [5.41, 5.74) is 0.418. The molecule has 8 nitrogen and oxygen atoms in total. The van der Waals surface area contributed by atoms with Gasteiger partial charge in [-0.3, -0.25) is 9.20 Å². The molecule has 2 bridgehead atoms. The number of hydrogen-bond donors (Lipinski definition) is 1. The minimum atomic E-state index is -2.77. The molecule has 0 unspecified atom stereocenters. The van der Waals surface area contributed by atoms with Crippen molar-refractivity contribution in [3.05, 3.63) is 47.7 Å². The maximum Gasteiger partial charge on any atom is 0.280 e. The molecule has 1 aliphatic carbocycles. The molecule has 2 saturated heterocycles. The van der Waals surface area contributed by atoms with Crippen molar-refractivity contribution in [1.29, 1.82) is 0 Å². The van der Waals surface area contributed by atoms with Gasteiger partial charge in [0.15, 0.2) is 0 Å². The van der Waals surface area contributed by atoms with Gasteiger partial charge in [-0.1, -0.05) is 6.07 Å². The van der Waals surface area contributed by atoms with Crippen LogP contribution in [0.3, 0.4) is 0 Å². The predicted molar refractivity (Wildman–Crippen MR) is 111 cm³/mol. The van der Waals surface area contributed by atoms with Crippen LogP contribution in [-0.4, -0.2) is 43.6 Å². The number of alkyl halides is 2. The number of aromatic nitrogens is 4. The summed E-state index contributed by atoms with van der Waals surface area (Å²) >= 11 is 0. The van der Waals surface area contributed by atoms with E-state index < -0.39 is 18.0 Å². The molecule has 0 atom stereocenters. The average molecular weight is 443 g/mol. The van der Waals surface area contributed by atoms with Gasteiger partial charge in [0.1, 0.15) is 17.1 Å². The molecule has 0 radical (unpaired) electrons. The Balaban J connectivity index is 1.48. The van der Waals surface area contributed by atoms with Gasteiger partial charge in [0.25, 0.3) is 12.3 Å². The zero-order valence-electron chi connectivity index (χ0n) is 17.9. The van der Waals surface area contributed by atoms with Crippen molar-refractivity contribution in [3.63, 3.8) is 0 Å². The third-order valence-corrected chi connectivity index (χ3v) is 5.90. The number of hydrogen-bond acceptors (Lipinski definition) is 6. The Morgan fingerprint density at radius 1 is 1.22 bits per heavy atom. The normalized spacial score (nSPS) is 24.2. The average Bonchev–Trinajstić information content (AvgIpc) is 3.38. The molecule has 3 aromatic rings. The van der Waals surface area contributed by atoms with Crippen LogP contribution in [0.4, 0.5) is 14.5 Å². The van der Waals surface area contributed by atoms with Crippen LogP contribution < -0.4 is 10.1 Å². The Morgan fingerprint density at radius 3 is 2.66 bits per heavy atom. The van der Waals surface area contributed by atoms with Crippen LogP contribution >= 0.6 is 0 Å². The van der Waals surface area contributed by atoms with Gasteiger partial charge >= 0.3 is 0 Å². The number of carbonyl (C=O) groups is 1. The van der Waals surface area contributed by atoms with E-state index in [1.165, 1.54) is 18.2 Å². The Morgan fingerprint density at radius 2 is 2.00 bits per heavy atom. The highest BCUT2D eigenvalue weighted by molar-refractivity contribution is 6.03. The Bertz CT molecular complexity index is 1200. The smallest absolute Gasteiger partial charge is 0.280 e. The van der Waals surface area contributed by atoms with Gasteiger partial charge in [-0.15, -0.1) is 0 Å². The number of amides is 1. The van der Waals surface area contributed by atoms with Crippen molar-refractivity contribution >= 4 is 17.4 Å². The molecule has 1 saturated carbocycles. The van der Waals surface area contributed by atoms with Gasteiger partial charge in [0.2, 0.25) is 11.7 Å². The maximum atomic E-state index is 13.0. The fraction of sp³-hybridized carbons (Fsp3) is 0.455. The molecular formula is C22H23F2N5O3. The monoisotopic (exact) mass is 443 g/mol. The second kappa shape index (κ2) is 7.19. The molecule has 6 rings (SSSR count). The lowest BCUT2D eigenvalue weighted by atomic mass is 9.62. The summed E-state index contributed by atoms with van der Waals surface area (Å²) in [6.45, 7) is 6.41. The summed E-state index contributed by atoms with van der Waals surface area (Å²) in [5, 5.41) is 2.69. The number of carbonyl (C=O) groups excluding carboxylic acids is 1. The maximum absolute atomic E-state index is 13.0. The lowest BCUT2D eigenvalue weighted by Crippen LogP contribution is -2.45. The van der Waals surface area contributed by atoms with E-state index in [4.69, 9.17) is 14.5 Å². The number of anilines is 1. The van der Waals surface area contributed by atoms with Gasteiger partial charge in [-0.05, 0) is 45.7 Å². The quantitative estimate of drug-likeness (QED) is 0.621. The molecule has 1 N–H and O–H groups in total. The Labute approximate surface area is 183 Å². The standard InChI is InChI=1S/C22H23F2N5O3/c1-12(2)32-19-15(26-18(30)14-6-4-5-13(25-14)17(23)24)7-29-8-16(27-20(29)28-19)22-9-21(3,10-22)31-11-22/h4-8,12,17H,9-11H2,1-3H3,(H,26,30). The summed E-state index contributed by atoms with van der Waals surface area (Å²) in [4.78, 5) is 25.7. The van der Waals surface area contributed by atoms with Crippen molar-refractivity contribution in [3.8, 4) is 5.88 Å². The highest BCUT2D eigenvalue weighted by atomic mass is 19.3. The molecular weight excluding hydrogens is 420 g/mol. The molecule has 0 aromatic carbocycles. The number of fused-ring (bicyclic) bond motifs is 2. The Kier molecular flexibility index (Phi) is 4.66. The first-order valence-corrected chi connectivity index (χ1v) is 10.4. The molecule has 2 aliphatic heterocycles. The summed E-state index contributed by atoms with van der Waals surface area (Å²) < 4.78 is 39.3. The van der Waals surface area contributed by atoms with Gasteiger partial charge in [0.05, 0.1) is 24.0 Å². The van der Waals surface area contributed by atoms with Gasteiger partial charge in [-0.25, -0.2) is 18.7 Å². The van der Waals surface area contributed by atoms with Crippen LogP contribution in [0.1, 0.15) is 61.9 Å². The van der Waals surface area contributed by atoms with E-state index in [-0.39, 0.29) is 28.7 Å². The van der Waals surface area contributed by atoms with E-state index >= 15 is 0 Å². The molecule has 3 aliphatic rings. The van der Waals surface area contributed by atoms with Crippen molar-refractivity contribution in [2.45, 2.75) is 57.2 Å². The molecule has 5 heterocycles. The number of pyridine rings is 1. The van der Waals surface area contributed by atoms with Gasteiger partial charge < -0.3 is 14.8 Å². The van der Waals surface area contributed by atoms with Gasteiger partial charge in [0, 0.05) is 17.8 Å². The topological polar surface area (TPSA) is 90.6 Å². The fourth-order valence-corrected chi connectivity index (χ4v) is 4.60. The van der Waals surface area contributed by atoms with Crippen LogP contribution in [0.15, 0.2) is 30.6 Å². The number of halogens is 2. The Hall–Kier alpha value is -3.14. The van der Waals surface area contributed by atoms with E-state index in [2.05, 4.69) is 22.2 Å². The largest absolute Gasteiger partial charge is 0.473 e. The van der Waals surface area contributed by atoms with Crippen LogP contribution in [0.2, 0.25) is 0 Å². The third kappa shape index (κ3) is 3.48. The van der Waals surface area contributed by atoms with Crippen molar-refractivity contribution in [1.82, 2.24) is 19.4 Å². The first kappa shape index (κ1) is 20.7. The van der Waals surface area contributed by atoms with Crippen molar-refractivity contribution in [2.24, 2.45) is 0 Å². The summed E-state index contributed by atoms with van der Waals surface area (Å²) in [6, 6.07) is 3.92. The minimum absolute atomic E-state index is 0.0754. The van der Waals surface area contributed by atoms with E-state index in [1.54, 1.807) is 10.6 Å². The minimum Gasteiger partial charge on any atom is -0.473 e. The van der Waals surface area contributed by atoms with Crippen LogP contribution in [0, 0.1) is 0 Å². The second-order valence-corrected chi connectivity index (χ2v) is 9.03. The molecule has 10 heteroatoms. The number of nitrogens with one attached hydrogen (secondary N) is 1. The summed E-state index contributed by atoms with van der Waals surface area (Å²) in [5.74, 6) is 0.00289. The first-order chi connectivity index (χ1) is 15.2. The van der Waals surface area contributed by atoms with Gasteiger partial charge in [-0.2, -0.15) is 4.98 Å². The zero-order chi connectivity index (χ0) is 22.7. The highest BCUT2D eigenvalue weighted by Gasteiger charge is 2.61. The van der Waals surface area contributed by atoms with Crippen molar-refractivity contribution in [2.75, 3.05) is 11.9 Å². The highest BCUT2D eigenvalue weighted by Crippen LogP contribution is 2.58. The zero-order valence-corrected chi connectivity index (χ0v) is 17.9. The third-order valence-electron chi connectivity index (χ3n) is 5.90. The molecule has 168 valence electrons. The second-order valence-electron chi connectivity index (χ2n) is 9.03. The lowest BCUT2D eigenvalue weighted by Gasteiger charge is -2.41. The van der Waals surface area contributed by atoms with E-state index in [9.17, 15) is 13.6 Å². The van der Waals surface area contributed by atoms with Crippen LogP contribution in [-0.2, 0) is 10.2 Å². The van der Waals surface area contributed by atoms with Crippen molar-refractivity contribution < 1.29 is 23.0 Å². The molecule has 3 fully saturated rings.